The molecule has 1 aliphatic carbocycles. The second-order valence-corrected chi connectivity index (χ2v) is 6.08. The van der Waals surface area contributed by atoms with Crippen LogP contribution in [0.5, 0.6) is 0 Å². The Kier molecular flexibility index (Phi) is 4.62. The molecule has 2 rings (SSSR count). The third-order valence-electron chi connectivity index (χ3n) is 4.61. The summed E-state index contributed by atoms with van der Waals surface area (Å²) in [7, 11) is 1.70. The van der Waals surface area contributed by atoms with Crippen molar-refractivity contribution in [3.8, 4) is 0 Å². The summed E-state index contributed by atoms with van der Waals surface area (Å²) in [6.07, 6.45) is 3.98. The molecule has 2 unspecified atom stereocenters. The lowest BCUT2D eigenvalue weighted by Crippen LogP contribution is -2.59. The van der Waals surface area contributed by atoms with E-state index in [1.165, 1.54) is 32.4 Å². The molecule has 0 aromatic heterocycles. The summed E-state index contributed by atoms with van der Waals surface area (Å²) in [6, 6.07) is 1.19. The zero-order valence-corrected chi connectivity index (χ0v) is 11.9. The van der Waals surface area contributed by atoms with E-state index in [1.807, 2.05) is 0 Å². The van der Waals surface area contributed by atoms with E-state index in [-0.39, 0.29) is 5.91 Å². The van der Waals surface area contributed by atoms with Crippen LogP contribution in [0.4, 0.5) is 0 Å². The molecule has 1 saturated heterocycles. The van der Waals surface area contributed by atoms with Crippen molar-refractivity contribution >= 4 is 5.91 Å². The Morgan fingerprint density at radius 1 is 1.28 bits per heavy atom. The maximum Gasteiger partial charge on any atom is 0.233 e. The Hall–Kier alpha value is -0.610. The van der Waals surface area contributed by atoms with Crippen molar-refractivity contribution in [1.29, 1.82) is 0 Å². The van der Waals surface area contributed by atoms with Gasteiger partial charge in [0, 0.05) is 32.2 Å². The number of amides is 1. The number of rotatable bonds is 4. The van der Waals surface area contributed by atoms with Gasteiger partial charge in [-0.05, 0) is 38.5 Å². The van der Waals surface area contributed by atoms with Crippen LogP contribution in [-0.4, -0.2) is 49.6 Å². The van der Waals surface area contributed by atoms with Crippen molar-refractivity contribution in [2.75, 3.05) is 26.7 Å². The van der Waals surface area contributed by atoms with Crippen LogP contribution >= 0.6 is 0 Å². The minimum absolute atomic E-state index is 0.0966. The Bertz CT molecular complexity index is 279. The van der Waals surface area contributed by atoms with E-state index in [4.69, 9.17) is 0 Å². The first kappa shape index (κ1) is 13.8. The van der Waals surface area contributed by atoms with Gasteiger partial charge in [-0.15, -0.1) is 0 Å². The van der Waals surface area contributed by atoms with Crippen molar-refractivity contribution in [3.63, 3.8) is 0 Å². The van der Waals surface area contributed by atoms with Crippen LogP contribution in [0.2, 0.25) is 0 Å². The summed E-state index contributed by atoms with van der Waals surface area (Å²) in [4.78, 5) is 14.0. The van der Waals surface area contributed by atoms with Crippen LogP contribution in [0, 0.1) is 11.8 Å². The number of carbonyl (C=O) groups excluding carboxylic acids is 1. The molecule has 104 valence electrons. The van der Waals surface area contributed by atoms with Gasteiger partial charge in [-0.2, -0.15) is 0 Å². The lowest BCUT2D eigenvalue weighted by Gasteiger charge is -2.49. The van der Waals surface area contributed by atoms with E-state index in [2.05, 4.69) is 29.4 Å². The number of hydrogen-bond donors (Lipinski definition) is 2. The van der Waals surface area contributed by atoms with Gasteiger partial charge in [0.15, 0.2) is 0 Å². The van der Waals surface area contributed by atoms with E-state index in [0.29, 0.717) is 18.6 Å². The monoisotopic (exact) mass is 253 g/mol. The zero-order chi connectivity index (χ0) is 13.1. The minimum Gasteiger partial charge on any atom is -0.358 e. The predicted octanol–water partition coefficient (Wildman–Crippen LogP) is 0.831. The second kappa shape index (κ2) is 6.02. The SMILES string of the molecule is CNC(=O)CNC1C2CCCC1CN(C(C)C)C2. The van der Waals surface area contributed by atoms with Gasteiger partial charge in [0.1, 0.15) is 0 Å². The van der Waals surface area contributed by atoms with Crippen LogP contribution in [-0.2, 0) is 4.79 Å². The van der Waals surface area contributed by atoms with Gasteiger partial charge < -0.3 is 15.5 Å². The molecule has 2 atom stereocenters. The largest absolute Gasteiger partial charge is 0.358 e. The van der Waals surface area contributed by atoms with Gasteiger partial charge in [0.25, 0.3) is 0 Å². The molecule has 4 nitrogen and oxygen atoms in total. The number of fused-ring (bicyclic) bond motifs is 2. The molecule has 0 spiro atoms. The first-order chi connectivity index (χ1) is 8.61. The van der Waals surface area contributed by atoms with Crippen LogP contribution < -0.4 is 10.6 Å². The molecular weight excluding hydrogens is 226 g/mol. The number of likely N-dealkylation sites (tertiary alicyclic amines) is 1. The van der Waals surface area contributed by atoms with Crippen LogP contribution in [0.3, 0.4) is 0 Å². The number of carbonyl (C=O) groups is 1. The summed E-state index contributed by atoms with van der Waals surface area (Å²) in [5, 5.41) is 6.18. The highest BCUT2D eigenvalue weighted by molar-refractivity contribution is 5.77. The Balaban J connectivity index is 1.93. The fraction of sp³-hybridized carbons (Fsp3) is 0.929. The maximum absolute atomic E-state index is 11.4. The van der Waals surface area contributed by atoms with Crippen molar-refractivity contribution in [1.82, 2.24) is 15.5 Å². The van der Waals surface area contributed by atoms with Crippen LogP contribution in [0.1, 0.15) is 33.1 Å². The second-order valence-electron chi connectivity index (χ2n) is 6.08. The number of hydrogen-bond acceptors (Lipinski definition) is 3. The average Bonchev–Trinajstić information content (AvgIpc) is 2.34. The van der Waals surface area contributed by atoms with Crippen LogP contribution in [0.15, 0.2) is 0 Å². The molecule has 0 radical (unpaired) electrons. The lowest BCUT2D eigenvalue weighted by atomic mass is 9.73. The normalized spacial score (nSPS) is 32.6. The standard InChI is InChI=1S/C14H27N3O/c1-10(2)17-8-11-5-4-6-12(9-17)14(11)16-7-13(18)15-3/h10-12,14,16H,4-9H2,1-3H3,(H,15,18). The van der Waals surface area contributed by atoms with E-state index >= 15 is 0 Å². The molecule has 1 heterocycles. The maximum atomic E-state index is 11.4. The molecule has 2 bridgehead atoms. The van der Waals surface area contributed by atoms with E-state index in [9.17, 15) is 4.79 Å². The number of piperidine rings is 1. The molecule has 1 saturated carbocycles. The van der Waals surface area contributed by atoms with E-state index in [1.54, 1.807) is 7.05 Å². The van der Waals surface area contributed by atoms with Gasteiger partial charge in [-0.1, -0.05) is 6.42 Å². The third kappa shape index (κ3) is 3.04. The molecule has 2 fully saturated rings. The molecule has 2 aliphatic rings. The van der Waals surface area contributed by atoms with E-state index in [0.717, 1.165) is 11.8 Å². The summed E-state index contributed by atoms with van der Waals surface area (Å²) < 4.78 is 0. The Labute approximate surface area is 110 Å². The summed E-state index contributed by atoms with van der Waals surface area (Å²) >= 11 is 0. The van der Waals surface area contributed by atoms with Gasteiger partial charge in [0.05, 0.1) is 6.54 Å². The average molecular weight is 253 g/mol. The zero-order valence-electron chi connectivity index (χ0n) is 11.9. The molecule has 0 aromatic rings. The quantitative estimate of drug-likeness (QED) is 0.780. The molecule has 1 amide bonds. The van der Waals surface area contributed by atoms with Gasteiger partial charge in [-0.25, -0.2) is 0 Å². The predicted molar refractivity (Wildman–Crippen MR) is 73.4 cm³/mol. The van der Waals surface area contributed by atoms with Crippen molar-refractivity contribution in [2.24, 2.45) is 11.8 Å². The fourth-order valence-corrected chi connectivity index (χ4v) is 3.53. The molecular formula is C14H27N3O. The minimum atomic E-state index is 0.0966. The first-order valence-corrected chi connectivity index (χ1v) is 7.29. The smallest absolute Gasteiger partial charge is 0.233 e. The highest BCUT2D eigenvalue weighted by Gasteiger charge is 2.39. The van der Waals surface area contributed by atoms with E-state index < -0.39 is 0 Å². The van der Waals surface area contributed by atoms with Crippen molar-refractivity contribution in [2.45, 2.75) is 45.2 Å². The summed E-state index contributed by atoms with van der Waals surface area (Å²) in [5.41, 5.74) is 0. The molecule has 1 aliphatic heterocycles. The highest BCUT2D eigenvalue weighted by Crippen LogP contribution is 2.35. The number of nitrogens with one attached hydrogen (secondary N) is 2. The van der Waals surface area contributed by atoms with Crippen molar-refractivity contribution in [3.05, 3.63) is 0 Å². The molecule has 0 aromatic carbocycles. The van der Waals surface area contributed by atoms with Gasteiger partial charge in [-0.3, -0.25) is 4.79 Å². The highest BCUT2D eigenvalue weighted by atomic mass is 16.1. The van der Waals surface area contributed by atoms with Gasteiger partial charge in [0.2, 0.25) is 5.91 Å². The first-order valence-electron chi connectivity index (χ1n) is 7.29. The molecule has 2 N–H and O–H groups in total. The van der Waals surface area contributed by atoms with Gasteiger partial charge >= 0.3 is 0 Å². The fourth-order valence-electron chi connectivity index (χ4n) is 3.53. The molecule has 18 heavy (non-hydrogen) atoms. The Morgan fingerprint density at radius 2 is 1.89 bits per heavy atom. The number of likely N-dealkylation sites (N-methyl/N-ethyl adjacent to an activating group) is 1. The Morgan fingerprint density at radius 3 is 2.39 bits per heavy atom. The third-order valence-corrected chi connectivity index (χ3v) is 4.61. The number of nitrogens with zero attached hydrogens (tertiary/aromatic N) is 1. The lowest BCUT2D eigenvalue weighted by molar-refractivity contribution is -0.120. The topological polar surface area (TPSA) is 44.4 Å². The van der Waals surface area contributed by atoms with Crippen LogP contribution in [0.25, 0.3) is 0 Å². The summed E-state index contributed by atoms with van der Waals surface area (Å²) in [5.74, 6) is 1.55. The molecule has 4 heteroatoms. The summed E-state index contributed by atoms with van der Waals surface area (Å²) in [6.45, 7) is 7.43. The van der Waals surface area contributed by atoms with Crippen molar-refractivity contribution < 1.29 is 4.79 Å².